The molecule has 1 aromatic rings. The van der Waals surface area contributed by atoms with Crippen molar-refractivity contribution in [2.75, 3.05) is 18.0 Å². The van der Waals surface area contributed by atoms with Crippen molar-refractivity contribution >= 4 is 17.4 Å². The lowest BCUT2D eigenvalue weighted by atomic mass is 10.1. The Balaban J connectivity index is 2.14. The van der Waals surface area contributed by atoms with E-state index >= 15 is 0 Å². The molecule has 13 heavy (non-hydrogen) atoms. The molecule has 1 radical (unpaired) electrons. The Hall–Kier alpha value is -0.760. The molecule has 2 heterocycles. The number of anilines is 1. The molecule has 1 aliphatic rings. The summed E-state index contributed by atoms with van der Waals surface area (Å²) in [7, 11) is 0. The third-order valence-electron chi connectivity index (χ3n) is 2.32. The van der Waals surface area contributed by atoms with Gasteiger partial charge < -0.3 is 4.90 Å². The predicted molar refractivity (Wildman–Crippen MR) is 54.1 cm³/mol. The number of piperidine rings is 1. The second-order valence-corrected chi connectivity index (χ2v) is 3.68. The van der Waals surface area contributed by atoms with Crippen molar-refractivity contribution in [3.63, 3.8) is 0 Å². The quantitative estimate of drug-likeness (QED) is 0.641. The molecule has 0 amide bonds. The van der Waals surface area contributed by atoms with Gasteiger partial charge in [-0.25, -0.2) is 4.98 Å². The fraction of sp³-hybridized carbons (Fsp3) is 0.500. The summed E-state index contributed by atoms with van der Waals surface area (Å²) in [5.41, 5.74) is 0. The second kappa shape index (κ2) is 3.97. The molecule has 1 aliphatic heterocycles. The molecule has 1 fully saturated rings. The second-order valence-electron chi connectivity index (χ2n) is 3.30. The Bertz CT molecular complexity index is 282. The highest BCUT2D eigenvalue weighted by atomic mass is 35.5. The Morgan fingerprint density at radius 1 is 1.23 bits per heavy atom. The van der Waals surface area contributed by atoms with Crippen molar-refractivity contribution in [2.45, 2.75) is 19.3 Å². The van der Waals surface area contributed by atoms with Crippen molar-refractivity contribution in [3.8, 4) is 0 Å². The van der Waals surface area contributed by atoms with Gasteiger partial charge in [-0.1, -0.05) is 11.6 Å². The van der Waals surface area contributed by atoms with Gasteiger partial charge in [-0.15, -0.1) is 0 Å². The molecule has 2 rings (SSSR count). The Morgan fingerprint density at radius 2 is 2.00 bits per heavy atom. The molecule has 0 aliphatic carbocycles. The lowest BCUT2D eigenvalue weighted by Crippen LogP contribution is -2.30. The van der Waals surface area contributed by atoms with Gasteiger partial charge in [-0.3, -0.25) is 0 Å². The van der Waals surface area contributed by atoms with Crippen LogP contribution in [0.3, 0.4) is 0 Å². The Kier molecular flexibility index (Phi) is 2.69. The van der Waals surface area contributed by atoms with E-state index in [0.717, 1.165) is 18.9 Å². The maximum absolute atomic E-state index is 5.80. The van der Waals surface area contributed by atoms with Gasteiger partial charge in [0.25, 0.3) is 0 Å². The SMILES string of the molecule is Clc1c[c]cc(N2CCCCC2)n1. The average molecular weight is 196 g/mol. The van der Waals surface area contributed by atoms with Gasteiger partial charge in [0.05, 0.1) is 0 Å². The number of hydrogen-bond acceptors (Lipinski definition) is 2. The van der Waals surface area contributed by atoms with E-state index in [1.165, 1.54) is 19.3 Å². The lowest BCUT2D eigenvalue weighted by molar-refractivity contribution is 0.573. The number of hydrogen-bond donors (Lipinski definition) is 0. The molecule has 3 heteroatoms. The molecule has 0 N–H and O–H groups in total. The largest absolute Gasteiger partial charge is 0.357 e. The molecule has 0 spiro atoms. The number of nitrogens with zero attached hydrogens (tertiary/aromatic N) is 2. The first-order chi connectivity index (χ1) is 6.36. The zero-order chi connectivity index (χ0) is 9.10. The molecule has 0 saturated carbocycles. The van der Waals surface area contributed by atoms with Crippen molar-refractivity contribution in [1.82, 2.24) is 4.98 Å². The van der Waals surface area contributed by atoms with E-state index in [0.29, 0.717) is 5.15 Å². The van der Waals surface area contributed by atoms with E-state index in [1.807, 2.05) is 6.07 Å². The van der Waals surface area contributed by atoms with Gasteiger partial charge in [-0.05, 0) is 37.5 Å². The fourth-order valence-corrected chi connectivity index (χ4v) is 1.79. The van der Waals surface area contributed by atoms with Crippen LogP contribution in [0.1, 0.15) is 19.3 Å². The van der Waals surface area contributed by atoms with Crippen LogP contribution in [0.5, 0.6) is 0 Å². The normalized spacial score (nSPS) is 17.5. The van der Waals surface area contributed by atoms with Crippen molar-refractivity contribution in [3.05, 3.63) is 23.4 Å². The van der Waals surface area contributed by atoms with Gasteiger partial charge in [0.15, 0.2) is 0 Å². The molecule has 0 bridgehead atoms. The summed E-state index contributed by atoms with van der Waals surface area (Å²) in [6.45, 7) is 2.20. The third kappa shape index (κ3) is 2.13. The van der Waals surface area contributed by atoms with Crippen LogP contribution in [0.25, 0.3) is 0 Å². The van der Waals surface area contributed by atoms with Crippen LogP contribution < -0.4 is 4.90 Å². The minimum Gasteiger partial charge on any atom is -0.357 e. The first kappa shape index (κ1) is 8.82. The van der Waals surface area contributed by atoms with Crippen LogP contribution in [-0.2, 0) is 0 Å². The fourth-order valence-electron chi connectivity index (χ4n) is 1.64. The summed E-state index contributed by atoms with van der Waals surface area (Å²) >= 11 is 5.80. The van der Waals surface area contributed by atoms with Crippen LogP contribution in [0.4, 0.5) is 5.82 Å². The maximum atomic E-state index is 5.80. The highest BCUT2D eigenvalue weighted by Crippen LogP contribution is 2.18. The first-order valence-electron chi connectivity index (χ1n) is 4.65. The predicted octanol–water partition coefficient (Wildman–Crippen LogP) is 2.53. The van der Waals surface area contributed by atoms with Gasteiger partial charge >= 0.3 is 0 Å². The summed E-state index contributed by atoms with van der Waals surface area (Å²) in [4.78, 5) is 6.53. The molecule has 0 unspecified atom stereocenters. The Labute approximate surface area is 83.5 Å². The monoisotopic (exact) mass is 195 g/mol. The number of pyridine rings is 1. The number of halogens is 1. The van der Waals surface area contributed by atoms with Gasteiger partial charge in [-0.2, -0.15) is 0 Å². The van der Waals surface area contributed by atoms with E-state index in [2.05, 4.69) is 16.0 Å². The summed E-state index contributed by atoms with van der Waals surface area (Å²) in [6.07, 6.45) is 3.85. The molecular weight excluding hydrogens is 184 g/mol. The number of aromatic nitrogens is 1. The first-order valence-corrected chi connectivity index (χ1v) is 5.02. The van der Waals surface area contributed by atoms with Crippen molar-refractivity contribution in [1.29, 1.82) is 0 Å². The van der Waals surface area contributed by atoms with E-state index in [1.54, 1.807) is 6.07 Å². The lowest BCUT2D eigenvalue weighted by Gasteiger charge is -2.27. The summed E-state index contributed by atoms with van der Waals surface area (Å²) in [5, 5.41) is 0.531. The minimum atomic E-state index is 0.531. The van der Waals surface area contributed by atoms with E-state index in [9.17, 15) is 0 Å². The molecular formula is C10H12ClN2. The van der Waals surface area contributed by atoms with Crippen LogP contribution in [0.15, 0.2) is 12.1 Å². The zero-order valence-corrected chi connectivity index (χ0v) is 8.22. The molecule has 2 nitrogen and oxygen atoms in total. The third-order valence-corrected chi connectivity index (χ3v) is 2.51. The molecule has 0 atom stereocenters. The van der Waals surface area contributed by atoms with Crippen molar-refractivity contribution in [2.24, 2.45) is 0 Å². The van der Waals surface area contributed by atoms with Gasteiger partial charge in [0.2, 0.25) is 0 Å². The van der Waals surface area contributed by atoms with E-state index in [-0.39, 0.29) is 0 Å². The summed E-state index contributed by atoms with van der Waals surface area (Å²) < 4.78 is 0. The van der Waals surface area contributed by atoms with E-state index in [4.69, 9.17) is 11.6 Å². The standard InChI is InChI=1S/C10H12ClN2/c11-9-5-4-6-10(12-9)13-7-2-1-3-8-13/h5-6H,1-3,7-8H2. The van der Waals surface area contributed by atoms with Crippen LogP contribution in [0, 0.1) is 6.07 Å². The Morgan fingerprint density at radius 3 is 2.69 bits per heavy atom. The maximum Gasteiger partial charge on any atom is 0.132 e. The minimum absolute atomic E-state index is 0.531. The van der Waals surface area contributed by atoms with Crippen molar-refractivity contribution < 1.29 is 0 Å². The van der Waals surface area contributed by atoms with Gasteiger partial charge in [0, 0.05) is 13.1 Å². The smallest absolute Gasteiger partial charge is 0.132 e. The highest BCUT2D eigenvalue weighted by molar-refractivity contribution is 6.29. The summed E-state index contributed by atoms with van der Waals surface area (Å²) in [5.74, 6) is 0.965. The topological polar surface area (TPSA) is 16.1 Å². The average Bonchev–Trinajstić information content (AvgIpc) is 2.19. The van der Waals surface area contributed by atoms with E-state index < -0.39 is 0 Å². The summed E-state index contributed by atoms with van der Waals surface area (Å²) in [6, 6.07) is 6.58. The molecule has 69 valence electrons. The van der Waals surface area contributed by atoms with Crippen LogP contribution >= 0.6 is 11.6 Å². The van der Waals surface area contributed by atoms with Crippen LogP contribution in [-0.4, -0.2) is 18.1 Å². The van der Waals surface area contributed by atoms with Gasteiger partial charge in [0.1, 0.15) is 11.0 Å². The molecule has 1 aromatic heterocycles. The highest BCUT2D eigenvalue weighted by Gasteiger charge is 2.11. The molecule has 0 aromatic carbocycles. The molecule has 1 saturated heterocycles. The van der Waals surface area contributed by atoms with Crippen LogP contribution in [0.2, 0.25) is 5.15 Å². The number of rotatable bonds is 1. The zero-order valence-electron chi connectivity index (χ0n) is 7.46.